The maximum absolute atomic E-state index is 11.3. The SMILES string of the molecule is CC(C)(CO)CNC(=O)NC(C)(C)C. The summed E-state index contributed by atoms with van der Waals surface area (Å²) in [6.45, 7) is 10.1. The van der Waals surface area contributed by atoms with E-state index in [1.807, 2.05) is 34.6 Å². The fourth-order valence-electron chi connectivity index (χ4n) is 0.760. The van der Waals surface area contributed by atoms with Crippen LogP contribution in [0.4, 0.5) is 4.79 Å². The van der Waals surface area contributed by atoms with Crippen molar-refractivity contribution >= 4 is 6.03 Å². The van der Waals surface area contributed by atoms with Gasteiger partial charge in [0.2, 0.25) is 0 Å². The summed E-state index contributed by atoms with van der Waals surface area (Å²) < 4.78 is 0. The van der Waals surface area contributed by atoms with Crippen LogP contribution >= 0.6 is 0 Å². The first-order valence-corrected chi connectivity index (χ1v) is 4.83. The van der Waals surface area contributed by atoms with Crippen LogP contribution in [-0.4, -0.2) is 29.8 Å². The highest BCUT2D eigenvalue weighted by Gasteiger charge is 2.19. The van der Waals surface area contributed by atoms with E-state index in [0.29, 0.717) is 6.54 Å². The first-order valence-electron chi connectivity index (χ1n) is 4.83. The second-order valence-electron chi connectivity index (χ2n) is 5.38. The number of amides is 2. The third kappa shape index (κ3) is 6.71. The molecular weight excluding hydrogens is 180 g/mol. The van der Waals surface area contributed by atoms with Crippen LogP contribution in [0.2, 0.25) is 0 Å². The van der Waals surface area contributed by atoms with Crippen molar-refractivity contribution in [1.82, 2.24) is 10.6 Å². The minimum absolute atomic E-state index is 0.0583. The van der Waals surface area contributed by atoms with Crippen LogP contribution in [-0.2, 0) is 0 Å². The van der Waals surface area contributed by atoms with E-state index in [-0.39, 0.29) is 23.6 Å². The second-order valence-corrected chi connectivity index (χ2v) is 5.38. The Bertz CT molecular complexity index is 195. The van der Waals surface area contributed by atoms with Gasteiger partial charge in [0.15, 0.2) is 0 Å². The molecule has 0 atom stereocenters. The van der Waals surface area contributed by atoms with Crippen LogP contribution in [0.1, 0.15) is 34.6 Å². The van der Waals surface area contributed by atoms with Gasteiger partial charge in [0, 0.05) is 24.1 Å². The molecule has 0 saturated heterocycles. The lowest BCUT2D eigenvalue weighted by molar-refractivity contribution is 0.156. The topological polar surface area (TPSA) is 61.4 Å². The number of carbonyl (C=O) groups excluding carboxylic acids is 1. The molecule has 4 heteroatoms. The highest BCUT2D eigenvalue weighted by atomic mass is 16.3. The first kappa shape index (κ1) is 13.2. The van der Waals surface area contributed by atoms with Gasteiger partial charge in [0.05, 0.1) is 0 Å². The molecule has 0 spiro atoms. The average Bonchev–Trinajstić information content (AvgIpc) is 1.98. The van der Waals surface area contributed by atoms with Crippen LogP contribution < -0.4 is 10.6 Å². The zero-order valence-corrected chi connectivity index (χ0v) is 9.77. The minimum Gasteiger partial charge on any atom is -0.396 e. The van der Waals surface area contributed by atoms with Crippen LogP contribution in [0.3, 0.4) is 0 Å². The number of hydrogen-bond acceptors (Lipinski definition) is 2. The lowest BCUT2D eigenvalue weighted by atomic mass is 9.95. The van der Waals surface area contributed by atoms with Gasteiger partial charge in [-0.1, -0.05) is 13.8 Å². The normalized spacial score (nSPS) is 12.4. The Morgan fingerprint density at radius 2 is 1.71 bits per heavy atom. The Balaban J connectivity index is 3.87. The summed E-state index contributed by atoms with van der Waals surface area (Å²) >= 11 is 0. The van der Waals surface area contributed by atoms with Crippen molar-refractivity contribution in [1.29, 1.82) is 0 Å². The zero-order chi connectivity index (χ0) is 11.4. The van der Waals surface area contributed by atoms with Crippen molar-refractivity contribution in [2.24, 2.45) is 5.41 Å². The van der Waals surface area contributed by atoms with Gasteiger partial charge < -0.3 is 15.7 Å². The molecule has 0 bridgehead atoms. The molecule has 0 unspecified atom stereocenters. The quantitative estimate of drug-likeness (QED) is 0.642. The van der Waals surface area contributed by atoms with E-state index in [9.17, 15) is 4.79 Å². The van der Waals surface area contributed by atoms with Gasteiger partial charge in [-0.2, -0.15) is 0 Å². The smallest absolute Gasteiger partial charge is 0.315 e. The maximum atomic E-state index is 11.3. The van der Waals surface area contributed by atoms with Crippen LogP contribution in [0.15, 0.2) is 0 Å². The third-order valence-corrected chi connectivity index (χ3v) is 1.64. The van der Waals surface area contributed by atoms with Crippen LogP contribution in [0.25, 0.3) is 0 Å². The van der Waals surface area contributed by atoms with Crippen LogP contribution in [0.5, 0.6) is 0 Å². The number of rotatable bonds is 3. The molecular formula is C10H22N2O2. The molecule has 0 aliphatic carbocycles. The predicted molar refractivity (Wildman–Crippen MR) is 57.2 cm³/mol. The van der Waals surface area contributed by atoms with Crippen molar-refractivity contribution < 1.29 is 9.90 Å². The summed E-state index contributed by atoms with van der Waals surface area (Å²) in [5.41, 5.74) is -0.497. The molecule has 2 amide bonds. The lowest BCUT2D eigenvalue weighted by Crippen LogP contribution is -2.48. The molecule has 3 N–H and O–H groups in total. The number of urea groups is 1. The Labute approximate surface area is 86.1 Å². The average molecular weight is 202 g/mol. The van der Waals surface area contributed by atoms with Gasteiger partial charge in [-0.3, -0.25) is 0 Å². The highest BCUT2D eigenvalue weighted by molar-refractivity contribution is 5.74. The van der Waals surface area contributed by atoms with Crippen molar-refractivity contribution in [3.63, 3.8) is 0 Å². The van der Waals surface area contributed by atoms with Gasteiger partial charge in [0.25, 0.3) is 0 Å². The monoisotopic (exact) mass is 202 g/mol. The third-order valence-electron chi connectivity index (χ3n) is 1.64. The van der Waals surface area contributed by atoms with E-state index in [2.05, 4.69) is 10.6 Å². The number of hydrogen-bond donors (Lipinski definition) is 3. The molecule has 0 radical (unpaired) electrons. The Kier molecular flexibility index (Phi) is 4.39. The highest BCUT2D eigenvalue weighted by Crippen LogP contribution is 2.11. The molecule has 0 aliphatic heterocycles. The second kappa shape index (κ2) is 4.64. The van der Waals surface area contributed by atoms with E-state index >= 15 is 0 Å². The fourth-order valence-corrected chi connectivity index (χ4v) is 0.760. The van der Waals surface area contributed by atoms with Crippen molar-refractivity contribution in [3.8, 4) is 0 Å². The molecule has 0 fully saturated rings. The Morgan fingerprint density at radius 3 is 2.07 bits per heavy atom. The van der Waals surface area contributed by atoms with E-state index in [4.69, 9.17) is 5.11 Å². The molecule has 0 rings (SSSR count). The Morgan fingerprint density at radius 1 is 1.21 bits per heavy atom. The maximum Gasteiger partial charge on any atom is 0.315 e. The summed E-state index contributed by atoms with van der Waals surface area (Å²) in [5.74, 6) is 0. The summed E-state index contributed by atoms with van der Waals surface area (Å²) in [7, 11) is 0. The molecule has 0 heterocycles. The molecule has 0 aliphatic rings. The van der Waals surface area contributed by atoms with Gasteiger partial charge in [-0.15, -0.1) is 0 Å². The van der Waals surface area contributed by atoms with E-state index in [1.54, 1.807) is 0 Å². The van der Waals surface area contributed by atoms with Gasteiger partial charge >= 0.3 is 6.03 Å². The molecule has 14 heavy (non-hydrogen) atoms. The van der Waals surface area contributed by atoms with Crippen molar-refractivity contribution in [2.75, 3.05) is 13.2 Å². The van der Waals surface area contributed by atoms with Crippen molar-refractivity contribution in [3.05, 3.63) is 0 Å². The van der Waals surface area contributed by atoms with Crippen molar-refractivity contribution in [2.45, 2.75) is 40.2 Å². The summed E-state index contributed by atoms with van der Waals surface area (Å²) in [5, 5.41) is 14.5. The fraction of sp³-hybridized carbons (Fsp3) is 0.900. The predicted octanol–water partition coefficient (Wildman–Crippen LogP) is 1.10. The molecule has 4 nitrogen and oxygen atoms in total. The molecule has 0 aromatic heterocycles. The largest absolute Gasteiger partial charge is 0.396 e. The summed E-state index contributed by atoms with van der Waals surface area (Å²) in [4.78, 5) is 11.3. The number of carbonyl (C=O) groups is 1. The summed E-state index contributed by atoms with van der Waals surface area (Å²) in [6.07, 6.45) is 0. The zero-order valence-electron chi connectivity index (χ0n) is 9.77. The van der Waals surface area contributed by atoms with E-state index in [0.717, 1.165) is 0 Å². The van der Waals surface area contributed by atoms with Gasteiger partial charge in [0.1, 0.15) is 0 Å². The van der Waals surface area contributed by atoms with Gasteiger partial charge in [-0.25, -0.2) is 4.79 Å². The van der Waals surface area contributed by atoms with E-state index < -0.39 is 0 Å². The van der Waals surface area contributed by atoms with Gasteiger partial charge in [-0.05, 0) is 20.8 Å². The standard InChI is InChI=1S/C10H22N2O2/c1-9(2,3)12-8(14)11-6-10(4,5)7-13/h13H,6-7H2,1-5H3,(H2,11,12,14). The molecule has 0 saturated carbocycles. The van der Waals surface area contributed by atoms with Crippen LogP contribution in [0, 0.1) is 5.41 Å². The molecule has 84 valence electrons. The van der Waals surface area contributed by atoms with E-state index in [1.165, 1.54) is 0 Å². The lowest BCUT2D eigenvalue weighted by Gasteiger charge is -2.25. The number of nitrogens with one attached hydrogen (secondary N) is 2. The number of aliphatic hydroxyl groups excluding tert-OH is 1. The summed E-state index contributed by atoms with van der Waals surface area (Å²) in [6, 6.07) is -0.195. The molecule has 0 aromatic carbocycles. The first-order chi connectivity index (χ1) is 6.16. The molecule has 0 aromatic rings. The Hall–Kier alpha value is -0.770. The minimum atomic E-state index is -0.269. The number of aliphatic hydroxyl groups is 1.